The summed E-state index contributed by atoms with van der Waals surface area (Å²) >= 11 is 3.39. The number of hydrogen-bond donors (Lipinski definition) is 1. The zero-order valence-electron chi connectivity index (χ0n) is 9.65. The SMILES string of the molecule is Cc1csc(CNC(C)c2csc(C)n2)n1. The summed E-state index contributed by atoms with van der Waals surface area (Å²) in [6.45, 7) is 7.00. The molecule has 0 saturated carbocycles. The lowest BCUT2D eigenvalue weighted by Gasteiger charge is -2.09. The highest BCUT2D eigenvalue weighted by molar-refractivity contribution is 7.09. The summed E-state index contributed by atoms with van der Waals surface area (Å²) in [5.41, 5.74) is 2.22. The lowest BCUT2D eigenvalue weighted by Crippen LogP contribution is -2.18. The Balaban J connectivity index is 1.91. The maximum atomic E-state index is 4.47. The van der Waals surface area contributed by atoms with Gasteiger partial charge in [0.15, 0.2) is 0 Å². The summed E-state index contributed by atoms with van der Waals surface area (Å²) in [4.78, 5) is 8.89. The largest absolute Gasteiger partial charge is 0.302 e. The molecule has 0 spiro atoms. The Morgan fingerprint density at radius 3 is 2.62 bits per heavy atom. The summed E-state index contributed by atoms with van der Waals surface area (Å²) in [7, 11) is 0. The van der Waals surface area contributed by atoms with Crippen LogP contribution in [-0.4, -0.2) is 9.97 Å². The maximum Gasteiger partial charge on any atom is 0.107 e. The van der Waals surface area contributed by atoms with Gasteiger partial charge >= 0.3 is 0 Å². The highest BCUT2D eigenvalue weighted by atomic mass is 32.1. The van der Waals surface area contributed by atoms with Crippen LogP contribution < -0.4 is 5.32 Å². The summed E-state index contributed by atoms with van der Waals surface area (Å²) in [5, 5.41) is 9.88. The summed E-state index contributed by atoms with van der Waals surface area (Å²) in [5.74, 6) is 0. The Labute approximate surface area is 104 Å². The zero-order valence-corrected chi connectivity index (χ0v) is 11.3. The molecule has 0 fully saturated rings. The van der Waals surface area contributed by atoms with Gasteiger partial charge in [0.1, 0.15) is 5.01 Å². The quantitative estimate of drug-likeness (QED) is 0.910. The lowest BCUT2D eigenvalue weighted by atomic mass is 10.2. The smallest absolute Gasteiger partial charge is 0.107 e. The van der Waals surface area contributed by atoms with Gasteiger partial charge in [-0.05, 0) is 20.8 Å². The first kappa shape index (κ1) is 11.7. The van der Waals surface area contributed by atoms with Crippen LogP contribution in [0, 0.1) is 13.8 Å². The topological polar surface area (TPSA) is 37.8 Å². The minimum Gasteiger partial charge on any atom is -0.302 e. The molecule has 0 aliphatic heterocycles. The molecule has 2 aromatic heterocycles. The molecule has 0 amide bonds. The van der Waals surface area contributed by atoms with Gasteiger partial charge in [0, 0.05) is 29.0 Å². The van der Waals surface area contributed by atoms with Crippen LogP contribution in [0.15, 0.2) is 10.8 Å². The van der Waals surface area contributed by atoms with E-state index in [-0.39, 0.29) is 6.04 Å². The highest BCUT2D eigenvalue weighted by Crippen LogP contribution is 2.16. The first-order valence-corrected chi connectivity index (χ1v) is 6.97. The van der Waals surface area contributed by atoms with Crippen molar-refractivity contribution in [2.45, 2.75) is 33.4 Å². The number of aryl methyl sites for hydroxylation is 2. The molecule has 86 valence electrons. The number of nitrogens with zero attached hydrogens (tertiary/aromatic N) is 2. The molecule has 2 aromatic rings. The van der Waals surface area contributed by atoms with Crippen LogP contribution in [0.5, 0.6) is 0 Å². The third kappa shape index (κ3) is 2.87. The normalized spacial score (nSPS) is 12.9. The van der Waals surface area contributed by atoms with E-state index in [1.165, 1.54) is 0 Å². The first-order valence-electron chi connectivity index (χ1n) is 5.21. The van der Waals surface area contributed by atoms with Gasteiger partial charge in [-0.1, -0.05) is 0 Å². The van der Waals surface area contributed by atoms with Crippen LogP contribution in [0.2, 0.25) is 0 Å². The maximum absolute atomic E-state index is 4.47. The van der Waals surface area contributed by atoms with Gasteiger partial charge < -0.3 is 5.32 Å². The van der Waals surface area contributed by atoms with Crippen molar-refractivity contribution in [2.75, 3.05) is 0 Å². The molecule has 0 radical (unpaired) electrons. The van der Waals surface area contributed by atoms with E-state index < -0.39 is 0 Å². The van der Waals surface area contributed by atoms with E-state index >= 15 is 0 Å². The van der Waals surface area contributed by atoms with Crippen LogP contribution >= 0.6 is 22.7 Å². The van der Waals surface area contributed by atoms with E-state index in [0.29, 0.717) is 0 Å². The molecule has 0 saturated heterocycles. The Morgan fingerprint density at radius 2 is 2.06 bits per heavy atom. The van der Waals surface area contributed by atoms with Gasteiger partial charge in [-0.25, -0.2) is 9.97 Å². The molecule has 0 aliphatic rings. The number of nitrogens with one attached hydrogen (secondary N) is 1. The first-order chi connectivity index (χ1) is 7.65. The van der Waals surface area contributed by atoms with Gasteiger partial charge in [0.25, 0.3) is 0 Å². The van der Waals surface area contributed by atoms with Crippen LogP contribution in [-0.2, 0) is 6.54 Å². The highest BCUT2D eigenvalue weighted by Gasteiger charge is 2.08. The fourth-order valence-corrected chi connectivity index (χ4v) is 2.84. The van der Waals surface area contributed by atoms with E-state index in [9.17, 15) is 0 Å². The second-order valence-electron chi connectivity index (χ2n) is 3.78. The summed E-state index contributed by atoms with van der Waals surface area (Å²) in [6, 6.07) is 0.286. The van der Waals surface area contributed by atoms with Crippen LogP contribution in [0.25, 0.3) is 0 Å². The van der Waals surface area contributed by atoms with Gasteiger partial charge in [0.05, 0.1) is 10.7 Å². The molecule has 16 heavy (non-hydrogen) atoms. The van der Waals surface area contributed by atoms with Gasteiger partial charge in [-0.15, -0.1) is 22.7 Å². The van der Waals surface area contributed by atoms with E-state index in [1.807, 2.05) is 13.8 Å². The van der Waals surface area contributed by atoms with Crippen LogP contribution in [0.1, 0.15) is 34.4 Å². The Bertz CT molecular complexity index is 461. The third-order valence-electron chi connectivity index (χ3n) is 2.31. The number of aromatic nitrogens is 2. The fourth-order valence-electron chi connectivity index (χ4n) is 1.41. The van der Waals surface area contributed by atoms with Gasteiger partial charge in [-0.3, -0.25) is 0 Å². The molecule has 1 unspecified atom stereocenters. The van der Waals surface area contributed by atoms with Crippen molar-refractivity contribution >= 4 is 22.7 Å². The van der Waals surface area contributed by atoms with Crippen LogP contribution in [0.4, 0.5) is 0 Å². The number of thiazole rings is 2. The Hall–Kier alpha value is -0.780. The second-order valence-corrected chi connectivity index (χ2v) is 5.78. The molecule has 0 bridgehead atoms. The Morgan fingerprint density at radius 1 is 1.25 bits per heavy atom. The standard InChI is InChI=1S/C11H15N3S2/c1-7-5-16-11(13-7)4-12-8(2)10-6-15-9(3)14-10/h5-6,8,12H,4H2,1-3H3. The third-order valence-corrected chi connectivity index (χ3v) is 4.06. The molecule has 2 rings (SSSR count). The molecule has 3 nitrogen and oxygen atoms in total. The van der Waals surface area contributed by atoms with Crippen molar-refractivity contribution < 1.29 is 0 Å². The fraction of sp³-hybridized carbons (Fsp3) is 0.455. The van der Waals surface area contributed by atoms with Crippen molar-refractivity contribution in [2.24, 2.45) is 0 Å². The Kier molecular flexibility index (Phi) is 3.68. The molecule has 1 N–H and O–H groups in total. The van der Waals surface area contributed by atoms with Crippen LogP contribution in [0.3, 0.4) is 0 Å². The predicted octanol–water partition coefficient (Wildman–Crippen LogP) is 3.07. The average Bonchev–Trinajstić information content (AvgIpc) is 2.84. The van der Waals surface area contributed by atoms with E-state index in [1.54, 1.807) is 22.7 Å². The van der Waals surface area contributed by atoms with Crippen molar-refractivity contribution in [1.29, 1.82) is 0 Å². The number of rotatable bonds is 4. The average molecular weight is 253 g/mol. The van der Waals surface area contributed by atoms with Crippen molar-refractivity contribution in [1.82, 2.24) is 15.3 Å². The molecule has 0 aromatic carbocycles. The van der Waals surface area contributed by atoms with E-state index in [0.717, 1.165) is 27.9 Å². The monoisotopic (exact) mass is 253 g/mol. The van der Waals surface area contributed by atoms with Gasteiger partial charge in [-0.2, -0.15) is 0 Å². The number of hydrogen-bond acceptors (Lipinski definition) is 5. The molecule has 0 aliphatic carbocycles. The zero-order chi connectivity index (χ0) is 11.5. The van der Waals surface area contributed by atoms with Gasteiger partial charge in [0.2, 0.25) is 0 Å². The van der Waals surface area contributed by atoms with E-state index in [2.05, 4.69) is 33.0 Å². The predicted molar refractivity (Wildman–Crippen MR) is 69.0 cm³/mol. The van der Waals surface area contributed by atoms with Crippen molar-refractivity contribution in [3.05, 3.63) is 32.2 Å². The van der Waals surface area contributed by atoms with E-state index in [4.69, 9.17) is 0 Å². The molecular weight excluding hydrogens is 238 g/mol. The summed E-state index contributed by atoms with van der Waals surface area (Å²) < 4.78 is 0. The van der Waals surface area contributed by atoms with Crippen molar-refractivity contribution in [3.63, 3.8) is 0 Å². The molecule has 2 heterocycles. The summed E-state index contributed by atoms with van der Waals surface area (Å²) in [6.07, 6.45) is 0. The molecular formula is C11H15N3S2. The van der Waals surface area contributed by atoms with Crippen molar-refractivity contribution in [3.8, 4) is 0 Å². The molecule has 5 heteroatoms. The minimum absolute atomic E-state index is 0.286. The second kappa shape index (κ2) is 5.03. The molecule has 1 atom stereocenters. The lowest BCUT2D eigenvalue weighted by molar-refractivity contribution is 0.562. The minimum atomic E-state index is 0.286.